The largest absolute Gasteiger partial charge is 0.462 e. The second-order valence-electron chi connectivity index (χ2n) is 5.73. The fourth-order valence-electron chi connectivity index (χ4n) is 2.77. The Morgan fingerprint density at radius 1 is 1.39 bits per heavy atom. The SMILES string of the molecule is CCOC(=O)c1ccsc1NC(=O)CN1CCN(C)C[C@@H]1CC. The Hall–Kier alpha value is -1.44. The third-order valence-electron chi connectivity index (χ3n) is 4.04. The van der Waals surface area contributed by atoms with Crippen molar-refractivity contribution < 1.29 is 14.3 Å². The van der Waals surface area contributed by atoms with Gasteiger partial charge in [-0.15, -0.1) is 11.3 Å². The maximum atomic E-state index is 12.3. The van der Waals surface area contributed by atoms with Gasteiger partial charge in [0.25, 0.3) is 0 Å². The highest BCUT2D eigenvalue weighted by Gasteiger charge is 2.26. The average Bonchev–Trinajstić information content (AvgIpc) is 2.97. The lowest BCUT2D eigenvalue weighted by Crippen LogP contribution is -2.53. The zero-order valence-electron chi connectivity index (χ0n) is 14.0. The number of likely N-dealkylation sites (N-methyl/N-ethyl adjacent to an activating group) is 1. The maximum Gasteiger partial charge on any atom is 0.341 e. The minimum atomic E-state index is -0.393. The fraction of sp³-hybridized carbons (Fsp3) is 0.625. The van der Waals surface area contributed by atoms with Gasteiger partial charge in [0.15, 0.2) is 0 Å². The molecule has 1 aromatic rings. The summed E-state index contributed by atoms with van der Waals surface area (Å²) in [7, 11) is 2.11. The Kier molecular flexibility index (Phi) is 6.56. The number of nitrogens with one attached hydrogen (secondary N) is 1. The van der Waals surface area contributed by atoms with Gasteiger partial charge in [-0.25, -0.2) is 4.79 Å². The molecule has 1 fully saturated rings. The highest BCUT2D eigenvalue weighted by molar-refractivity contribution is 7.14. The van der Waals surface area contributed by atoms with Crippen LogP contribution < -0.4 is 5.32 Å². The van der Waals surface area contributed by atoms with Crippen LogP contribution in [0.3, 0.4) is 0 Å². The number of carbonyl (C=O) groups is 2. The summed E-state index contributed by atoms with van der Waals surface area (Å²) in [6.45, 7) is 7.42. The van der Waals surface area contributed by atoms with Gasteiger partial charge in [0.2, 0.25) is 5.91 Å². The van der Waals surface area contributed by atoms with Crippen LogP contribution in [0, 0.1) is 0 Å². The van der Waals surface area contributed by atoms with Crippen molar-refractivity contribution in [1.29, 1.82) is 0 Å². The Morgan fingerprint density at radius 2 is 2.17 bits per heavy atom. The van der Waals surface area contributed by atoms with Gasteiger partial charge in [-0.2, -0.15) is 0 Å². The molecular formula is C16H25N3O3S. The van der Waals surface area contributed by atoms with Gasteiger partial charge in [-0.05, 0) is 31.8 Å². The van der Waals surface area contributed by atoms with Gasteiger partial charge in [-0.3, -0.25) is 9.69 Å². The molecule has 1 amide bonds. The number of rotatable bonds is 6. The molecule has 7 heteroatoms. The van der Waals surface area contributed by atoms with Crippen LogP contribution in [0.2, 0.25) is 0 Å². The Bertz CT molecular complexity index is 546. The first-order valence-corrected chi connectivity index (χ1v) is 8.90. The van der Waals surface area contributed by atoms with Gasteiger partial charge in [0.1, 0.15) is 5.00 Å². The number of hydrogen-bond donors (Lipinski definition) is 1. The first-order valence-electron chi connectivity index (χ1n) is 8.02. The van der Waals surface area contributed by atoms with Gasteiger partial charge in [0, 0.05) is 25.7 Å². The van der Waals surface area contributed by atoms with Crippen LogP contribution in [-0.2, 0) is 9.53 Å². The lowest BCUT2D eigenvalue weighted by molar-refractivity contribution is -0.118. The predicted octanol–water partition coefficient (Wildman–Crippen LogP) is 1.89. The van der Waals surface area contributed by atoms with E-state index >= 15 is 0 Å². The lowest BCUT2D eigenvalue weighted by atomic mass is 10.1. The summed E-state index contributed by atoms with van der Waals surface area (Å²) in [6.07, 6.45) is 1.02. The first-order chi connectivity index (χ1) is 11.0. The molecule has 0 aromatic carbocycles. The molecule has 0 bridgehead atoms. The Balaban J connectivity index is 1.95. The topological polar surface area (TPSA) is 61.9 Å². The van der Waals surface area contributed by atoms with E-state index in [9.17, 15) is 9.59 Å². The molecule has 23 heavy (non-hydrogen) atoms. The summed E-state index contributed by atoms with van der Waals surface area (Å²) < 4.78 is 5.01. The zero-order chi connectivity index (χ0) is 16.8. The fourth-order valence-corrected chi connectivity index (χ4v) is 3.56. The van der Waals surface area contributed by atoms with Crippen molar-refractivity contribution in [2.75, 3.05) is 45.2 Å². The smallest absolute Gasteiger partial charge is 0.341 e. The predicted molar refractivity (Wildman–Crippen MR) is 92.1 cm³/mol. The molecule has 0 spiro atoms. The highest BCUT2D eigenvalue weighted by Crippen LogP contribution is 2.24. The average molecular weight is 339 g/mol. The molecule has 6 nitrogen and oxygen atoms in total. The van der Waals surface area contributed by atoms with Crippen molar-refractivity contribution in [2.45, 2.75) is 26.3 Å². The number of amides is 1. The minimum Gasteiger partial charge on any atom is -0.462 e. The van der Waals surface area contributed by atoms with E-state index in [-0.39, 0.29) is 5.91 Å². The molecule has 0 aliphatic carbocycles. The third-order valence-corrected chi connectivity index (χ3v) is 4.87. The normalized spacial score (nSPS) is 19.5. The van der Waals surface area contributed by atoms with Crippen LogP contribution >= 0.6 is 11.3 Å². The standard InChI is InChI=1S/C16H25N3O3S/c1-4-12-10-18(3)7-8-19(12)11-14(20)17-15-13(6-9-23-15)16(21)22-5-2/h6,9,12H,4-5,7-8,10-11H2,1-3H3,(H,17,20)/t12-/m0/s1. The lowest BCUT2D eigenvalue weighted by Gasteiger charge is -2.39. The molecule has 1 N–H and O–H groups in total. The molecule has 128 valence electrons. The van der Waals surface area contributed by atoms with E-state index in [2.05, 4.69) is 29.1 Å². The van der Waals surface area contributed by atoms with Crippen molar-refractivity contribution >= 4 is 28.2 Å². The number of thiophene rings is 1. The summed E-state index contributed by atoms with van der Waals surface area (Å²) in [4.78, 5) is 28.7. The molecule has 0 radical (unpaired) electrons. The molecule has 0 unspecified atom stereocenters. The monoisotopic (exact) mass is 339 g/mol. The number of ether oxygens (including phenoxy) is 1. The molecule has 2 rings (SSSR count). The summed E-state index contributed by atoms with van der Waals surface area (Å²) in [5.74, 6) is -0.476. The van der Waals surface area contributed by atoms with Crippen LogP contribution in [0.25, 0.3) is 0 Å². The van der Waals surface area contributed by atoms with Crippen molar-refractivity contribution in [3.8, 4) is 0 Å². The quantitative estimate of drug-likeness (QED) is 0.802. The number of esters is 1. The van der Waals surface area contributed by atoms with Gasteiger partial charge < -0.3 is 15.0 Å². The van der Waals surface area contributed by atoms with E-state index in [1.54, 1.807) is 18.4 Å². The van der Waals surface area contributed by atoms with E-state index in [0.717, 1.165) is 26.1 Å². The number of nitrogens with zero attached hydrogens (tertiary/aromatic N) is 2. The number of piperazine rings is 1. The molecule has 1 atom stereocenters. The Labute approximate surface area is 141 Å². The van der Waals surface area contributed by atoms with E-state index in [1.165, 1.54) is 11.3 Å². The Morgan fingerprint density at radius 3 is 2.87 bits per heavy atom. The van der Waals surface area contributed by atoms with Crippen molar-refractivity contribution in [2.24, 2.45) is 0 Å². The molecule has 1 aliphatic heterocycles. The highest BCUT2D eigenvalue weighted by atomic mass is 32.1. The molecule has 2 heterocycles. The minimum absolute atomic E-state index is 0.0824. The number of carbonyl (C=O) groups excluding carboxylic acids is 2. The number of anilines is 1. The molecule has 1 saturated heterocycles. The van der Waals surface area contributed by atoms with Crippen LogP contribution in [0.5, 0.6) is 0 Å². The van der Waals surface area contributed by atoms with Crippen LogP contribution in [-0.4, -0.2) is 67.6 Å². The van der Waals surface area contributed by atoms with E-state index in [1.807, 2.05) is 0 Å². The number of hydrogen-bond acceptors (Lipinski definition) is 6. The first kappa shape index (κ1) is 17.9. The van der Waals surface area contributed by atoms with Gasteiger partial charge in [0.05, 0.1) is 18.7 Å². The van der Waals surface area contributed by atoms with E-state index in [0.29, 0.717) is 29.8 Å². The van der Waals surface area contributed by atoms with Crippen molar-refractivity contribution in [3.05, 3.63) is 17.0 Å². The molecular weight excluding hydrogens is 314 g/mol. The summed E-state index contributed by atoms with van der Waals surface area (Å²) in [6, 6.07) is 2.08. The summed E-state index contributed by atoms with van der Waals surface area (Å²) >= 11 is 1.34. The van der Waals surface area contributed by atoms with Crippen molar-refractivity contribution in [3.63, 3.8) is 0 Å². The van der Waals surface area contributed by atoms with Gasteiger partial charge >= 0.3 is 5.97 Å². The summed E-state index contributed by atoms with van der Waals surface area (Å²) in [5, 5.41) is 5.21. The van der Waals surface area contributed by atoms with Crippen molar-refractivity contribution in [1.82, 2.24) is 9.80 Å². The van der Waals surface area contributed by atoms with Crippen LogP contribution in [0.1, 0.15) is 30.6 Å². The van der Waals surface area contributed by atoms with E-state index in [4.69, 9.17) is 4.74 Å². The zero-order valence-corrected chi connectivity index (χ0v) is 14.8. The summed E-state index contributed by atoms with van der Waals surface area (Å²) in [5.41, 5.74) is 0.426. The molecule has 0 saturated carbocycles. The maximum absolute atomic E-state index is 12.3. The van der Waals surface area contributed by atoms with E-state index < -0.39 is 5.97 Å². The second kappa shape index (κ2) is 8.42. The second-order valence-corrected chi connectivity index (χ2v) is 6.64. The van der Waals surface area contributed by atoms with Crippen LogP contribution in [0.4, 0.5) is 5.00 Å². The molecule has 1 aromatic heterocycles. The third kappa shape index (κ3) is 4.76. The molecule has 1 aliphatic rings. The van der Waals surface area contributed by atoms with Gasteiger partial charge in [-0.1, -0.05) is 6.92 Å². The van der Waals surface area contributed by atoms with Crippen LogP contribution in [0.15, 0.2) is 11.4 Å².